The molecule has 242 valence electrons. The number of hydroxylamine groups is 1. The zero-order chi connectivity index (χ0) is 31.9. The lowest BCUT2D eigenvalue weighted by molar-refractivity contribution is -0.124. The Morgan fingerprint density at radius 3 is 2.78 bits per heavy atom. The fourth-order valence-electron chi connectivity index (χ4n) is 6.70. The predicted molar refractivity (Wildman–Crippen MR) is 184 cm³/mol. The number of carbonyl (C=O) groups excluding carboxylic acids is 1. The predicted octanol–water partition coefficient (Wildman–Crippen LogP) is 4.28. The Balaban J connectivity index is 1.17. The molecule has 46 heavy (non-hydrogen) atoms. The second-order valence-electron chi connectivity index (χ2n) is 12.4. The lowest BCUT2D eigenvalue weighted by Crippen LogP contribution is -2.46. The third-order valence-corrected chi connectivity index (χ3v) is 10.4. The number of hydrogen-bond acceptors (Lipinski definition) is 6. The van der Waals surface area contributed by atoms with Gasteiger partial charge in [-0.25, -0.2) is 14.4 Å². The number of piperazine rings is 1. The van der Waals surface area contributed by atoms with Crippen LogP contribution in [0.1, 0.15) is 40.3 Å². The largest absolute Gasteiger partial charge is 0.361 e. The number of aromatic nitrogens is 1. The van der Waals surface area contributed by atoms with Gasteiger partial charge in [-0.15, -0.1) is 0 Å². The number of likely N-dealkylation sites (N-methyl/N-ethyl adjacent to an activating group) is 1. The Kier molecular flexibility index (Phi) is 10.7. The molecule has 9 nitrogen and oxygen atoms in total. The van der Waals surface area contributed by atoms with E-state index < -0.39 is 16.9 Å². The van der Waals surface area contributed by atoms with Crippen LogP contribution in [0.4, 0.5) is 0 Å². The maximum Gasteiger partial charge on any atom is 0.267 e. The Labute approximate surface area is 273 Å². The molecule has 3 aromatic carbocycles. The highest BCUT2D eigenvalue weighted by Crippen LogP contribution is 2.37. The lowest BCUT2D eigenvalue weighted by atomic mass is 10.0. The maximum absolute atomic E-state index is 13.3. The zero-order valence-electron chi connectivity index (χ0n) is 26.5. The average Bonchev–Trinajstić information content (AvgIpc) is 3.70. The fraction of sp³-hybridized carbons (Fsp3) is 0.361. The normalized spacial score (nSPS) is 18.0. The number of para-hydroxylation sites is 1. The lowest BCUT2D eigenvalue weighted by Gasteiger charge is -2.32. The van der Waals surface area contributed by atoms with Crippen molar-refractivity contribution >= 4 is 33.9 Å². The number of fused-ring (bicyclic) bond motifs is 2. The first-order chi connectivity index (χ1) is 22.5. The molecule has 1 fully saturated rings. The van der Waals surface area contributed by atoms with Crippen LogP contribution in [0.15, 0.2) is 83.9 Å². The molecule has 1 aromatic heterocycles. The number of nitrogens with zero attached hydrogens (tertiary/aromatic N) is 3. The second-order valence-corrected chi connectivity index (χ2v) is 13.7. The van der Waals surface area contributed by atoms with Crippen LogP contribution in [0.25, 0.3) is 17.0 Å². The van der Waals surface area contributed by atoms with Crippen molar-refractivity contribution in [3.8, 4) is 0 Å². The van der Waals surface area contributed by atoms with Crippen molar-refractivity contribution in [2.45, 2.75) is 36.7 Å². The van der Waals surface area contributed by atoms with E-state index in [-0.39, 0.29) is 6.04 Å². The van der Waals surface area contributed by atoms with Gasteiger partial charge in [0.15, 0.2) is 0 Å². The molecule has 6 rings (SSSR count). The van der Waals surface area contributed by atoms with Gasteiger partial charge in [0, 0.05) is 81.6 Å². The molecular formula is C36H44N6O3S. The first kappa shape index (κ1) is 32.3. The van der Waals surface area contributed by atoms with Gasteiger partial charge in [0.05, 0.1) is 4.90 Å². The topological polar surface area (TPSA) is 104 Å². The Hall–Kier alpha value is -3.64. The van der Waals surface area contributed by atoms with Crippen molar-refractivity contribution in [1.29, 1.82) is 0 Å². The summed E-state index contributed by atoms with van der Waals surface area (Å²) in [4.78, 5) is 23.1. The summed E-state index contributed by atoms with van der Waals surface area (Å²) >= 11 is 0. The Morgan fingerprint density at radius 1 is 1.09 bits per heavy atom. The standard InChI is InChI=1S/C36H44N6O3S/c1-40-19-21-41(22-20-40)18-16-38-46(45)31-6-4-5-28(24-31)26-42(17-15-30-25-37-34-8-3-2-7-32(30)34)35-13-11-29-23-27(9-12-33(29)35)10-14-36(43)39-44/h2-10,12,14,23-25,35,37-38,44H,11,13,15-22,26H2,1H3,(H,39,43)/b14-10+. The number of H-pyrrole nitrogens is 1. The number of amides is 1. The van der Waals surface area contributed by atoms with Crippen LogP contribution in [-0.2, 0) is 35.2 Å². The first-order valence-corrected chi connectivity index (χ1v) is 17.3. The van der Waals surface area contributed by atoms with Crippen LogP contribution in [0.5, 0.6) is 0 Å². The molecule has 0 bridgehead atoms. The molecule has 10 heteroatoms. The van der Waals surface area contributed by atoms with Gasteiger partial charge in [-0.05, 0) is 78.4 Å². The molecule has 2 aliphatic rings. The van der Waals surface area contributed by atoms with Gasteiger partial charge in [0.2, 0.25) is 0 Å². The number of aromatic amines is 1. The van der Waals surface area contributed by atoms with Crippen molar-refractivity contribution in [2.75, 3.05) is 52.9 Å². The fourth-order valence-corrected chi connectivity index (χ4v) is 7.60. The van der Waals surface area contributed by atoms with Gasteiger partial charge >= 0.3 is 0 Å². The number of benzene rings is 3. The van der Waals surface area contributed by atoms with E-state index in [4.69, 9.17) is 5.21 Å². The number of nitrogens with one attached hydrogen (secondary N) is 3. The molecule has 2 unspecified atom stereocenters. The minimum Gasteiger partial charge on any atom is -0.361 e. The number of hydrogen-bond donors (Lipinski definition) is 4. The van der Waals surface area contributed by atoms with Crippen LogP contribution >= 0.6 is 0 Å². The monoisotopic (exact) mass is 640 g/mol. The van der Waals surface area contributed by atoms with E-state index >= 15 is 0 Å². The molecular weight excluding hydrogens is 597 g/mol. The smallest absolute Gasteiger partial charge is 0.267 e. The van der Waals surface area contributed by atoms with Crippen molar-refractivity contribution in [1.82, 2.24) is 29.9 Å². The third kappa shape index (κ3) is 8.01. The average molecular weight is 641 g/mol. The summed E-state index contributed by atoms with van der Waals surface area (Å²) in [6.45, 7) is 7.48. The minimum atomic E-state index is -1.27. The highest BCUT2D eigenvalue weighted by molar-refractivity contribution is 7.83. The molecule has 4 aromatic rings. The van der Waals surface area contributed by atoms with E-state index in [1.807, 2.05) is 18.2 Å². The highest BCUT2D eigenvalue weighted by atomic mass is 32.2. The molecule has 1 amide bonds. The molecule has 1 saturated heterocycles. The van der Waals surface area contributed by atoms with E-state index in [1.54, 1.807) is 11.6 Å². The zero-order valence-corrected chi connectivity index (χ0v) is 27.3. The second kappa shape index (κ2) is 15.3. The van der Waals surface area contributed by atoms with Crippen LogP contribution < -0.4 is 10.2 Å². The summed E-state index contributed by atoms with van der Waals surface area (Å²) in [5, 5.41) is 10.1. The quantitative estimate of drug-likeness (QED) is 0.0989. The molecule has 2 heterocycles. The van der Waals surface area contributed by atoms with Crippen molar-refractivity contribution < 1.29 is 14.2 Å². The van der Waals surface area contributed by atoms with E-state index in [0.29, 0.717) is 6.54 Å². The third-order valence-electron chi connectivity index (χ3n) is 9.29. The molecule has 2 atom stereocenters. The van der Waals surface area contributed by atoms with Crippen LogP contribution in [-0.4, -0.2) is 87.9 Å². The number of rotatable bonds is 13. The summed E-state index contributed by atoms with van der Waals surface area (Å²) in [7, 11) is 0.886. The summed E-state index contributed by atoms with van der Waals surface area (Å²) in [6.07, 6.45) is 8.06. The van der Waals surface area contributed by atoms with Crippen LogP contribution in [0, 0.1) is 0 Å². The molecule has 0 spiro atoms. The first-order valence-electron chi connectivity index (χ1n) is 16.2. The molecule has 0 radical (unpaired) electrons. The molecule has 4 N–H and O–H groups in total. The van der Waals surface area contributed by atoms with E-state index in [2.05, 4.69) is 86.2 Å². The van der Waals surface area contributed by atoms with Crippen LogP contribution in [0.3, 0.4) is 0 Å². The van der Waals surface area contributed by atoms with Crippen molar-refractivity contribution in [3.63, 3.8) is 0 Å². The Morgan fingerprint density at radius 2 is 1.93 bits per heavy atom. The summed E-state index contributed by atoms with van der Waals surface area (Å²) in [5.74, 6) is -0.546. The summed E-state index contributed by atoms with van der Waals surface area (Å²) < 4.78 is 16.5. The summed E-state index contributed by atoms with van der Waals surface area (Å²) in [5.41, 5.74) is 8.78. The van der Waals surface area contributed by atoms with E-state index in [1.165, 1.54) is 28.2 Å². The minimum absolute atomic E-state index is 0.245. The van der Waals surface area contributed by atoms with Gasteiger partial charge in [-0.1, -0.05) is 48.5 Å². The van der Waals surface area contributed by atoms with Crippen LogP contribution in [0.2, 0.25) is 0 Å². The van der Waals surface area contributed by atoms with Gasteiger partial charge in [-0.2, -0.15) is 0 Å². The Bertz CT molecular complexity index is 1700. The maximum atomic E-state index is 13.3. The SMILES string of the molecule is CN1CCN(CCNS(=O)c2cccc(CN(CCc3c[nH]c4ccccc34)C3CCc4cc(/C=C/C(=O)NO)ccc43)c2)CC1. The number of carbonyl (C=O) groups is 1. The van der Waals surface area contributed by atoms with Gasteiger partial charge in [0.1, 0.15) is 11.0 Å². The van der Waals surface area contributed by atoms with Crippen molar-refractivity contribution in [2.24, 2.45) is 0 Å². The summed E-state index contributed by atoms with van der Waals surface area (Å²) in [6, 6.07) is 23.2. The van der Waals surface area contributed by atoms with Gasteiger partial charge < -0.3 is 9.88 Å². The van der Waals surface area contributed by atoms with Gasteiger partial charge in [-0.3, -0.25) is 19.8 Å². The van der Waals surface area contributed by atoms with Gasteiger partial charge in [0.25, 0.3) is 5.91 Å². The van der Waals surface area contributed by atoms with E-state index in [9.17, 15) is 9.00 Å². The molecule has 1 aliphatic heterocycles. The molecule has 0 saturated carbocycles. The van der Waals surface area contributed by atoms with E-state index in [0.717, 1.165) is 86.6 Å². The molecule has 1 aliphatic carbocycles. The number of aryl methyl sites for hydroxylation is 1. The van der Waals surface area contributed by atoms with Crippen molar-refractivity contribution in [3.05, 3.63) is 107 Å². The highest BCUT2D eigenvalue weighted by Gasteiger charge is 2.28.